The fraction of sp³-hybridized carbons (Fsp3) is 0.0141. The average Bonchev–Trinajstić information content (AvgIpc) is 3.39. The molecular formula is C71H4. The average molecular weight is 858 g/mol. The van der Waals surface area contributed by atoms with Gasteiger partial charge in [-0.05, 0) is 102 Å². The Hall–Kier alpha value is -15.4. The molecule has 0 aliphatic carbocycles. The molecule has 0 heterocycles. The van der Waals surface area contributed by atoms with Crippen LogP contribution in [-0.4, -0.2) is 0 Å². The summed E-state index contributed by atoms with van der Waals surface area (Å²) < 4.78 is 6.58. The van der Waals surface area contributed by atoms with Crippen LogP contribution in [0.5, 0.6) is 0 Å². The van der Waals surface area contributed by atoms with Crippen molar-refractivity contribution in [2.75, 3.05) is 0 Å². The highest BCUT2D eigenvalue weighted by Gasteiger charge is 1.64. The Balaban J connectivity index is 4.61. The zero-order valence-corrected chi connectivity index (χ0v) is 36.0. The third-order valence-corrected chi connectivity index (χ3v) is 4.31. The van der Waals surface area contributed by atoms with E-state index in [0.717, 1.165) is 0 Å². The van der Waals surface area contributed by atoms with Gasteiger partial charge >= 0.3 is 0 Å². The van der Waals surface area contributed by atoms with Gasteiger partial charge in [-0.15, -0.1) is 6.40 Å². The van der Waals surface area contributed by atoms with Crippen LogP contribution in [0.25, 0.3) is 0 Å². The lowest BCUT2D eigenvalue weighted by atomic mass is 10.4. The van der Waals surface area contributed by atoms with Gasteiger partial charge in [0, 0.05) is 308 Å². The van der Waals surface area contributed by atoms with Crippen molar-refractivity contribution in [3.63, 3.8) is 0 Å². The van der Waals surface area contributed by atoms with Gasteiger partial charge in [0.2, 0.25) is 0 Å². The Morgan fingerprint density at radius 2 is 0.225 bits per heavy atom. The molecule has 0 spiro atoms. The van der Waals surface area contributed by atoms with Crippen molar-refractivity contribution in [2.24, 2.45) is 0 Å². The Bertz CT molecular complexity index is 4420. The summed E-state index contributed by atoms with van der Waals surface area (Å²) in [6.45, 7) is 1.68. The zero-order chi connectivity index (χ0) is 51.5. The second-order valence-electron chi connectivity index (χ2n) is 8.75. The van der Waals surface area contributed by atoms with Gasteiger partial charge in [-0.2, -0.15) is 0 Å². The minimum atomic E-state index is 1.68. The molecule has 0 unspecified atom stereocenters. The van der Waals surface area contributed by atoms with E-state index in [1.807, 2.05) is 6.40 Å². The van der Waals surface area contributed by atoms with Crippen LogP contribution in [0.4, 0.5) is 0 Å². The molecular weight excluding hydrogens is 853 g/mol. The van der Waals surface area contributed by atoms with Crippen molar-refractivity contribution in [2.45, 2.75) is 6.92 Å². The summed E-state index contributed by atoms with van der Waals surface area (Å²) in [5, 5.41) is 0. The van der Waals surface area contributed by atoms with Crippen LogP contribution in [0.15, 0.2) is 0 Å². The number of hydrogen-bond donors (Lipinski definition) is 0. The largest absolute Gasteiger partial charge is 0.125 e. The topological polar surface area (TPSA) is 0 Å². The highest BCUT2D eigenvalue weighted by Crippen LogP contribution is 1.64. The third-order valence-electron chi connectivity index (χ3n) is 4.31. The number of terminal acetylenes is 1. The highest BCUT2D eigenvalue weighted by atomic mass is 13.7. The maximum Gasteiger partial charge on any atom is 0.125 e. The van der Waals surface area contributed by atoms with Gasteiger partial charge in [-0.3, -0.25) is 0 Å². The summed E-state index contributed by atoms with van der Waals surface area (Å²) >= 11 is 0. The van der Waals surface area contributed by atoms with E-state index < -0.39 is 0 Å². The van der Waals surface area contributed by atoms with Crippen LogP contribution in [-0.2, 0) is 0 Å². The van der Waals surface area contributed by atoms with Gasteiger partial charge in [0.15, 0.2) is 0 Å². The van der Waals surface area contributed by atoms with E-state index in [2.05, 4.69) is 409 Å². The molecule has 288 valence electrons. The molecule has 0 aromatic carbocycles. The maximum atomic E-state index is 6.58. The molecule has 0 aliphatic rings. The molecule has 0 radical (unpaired) electrons. The molecule has 71 heavy (non-hydrogen) atoms. The SMILES string of the molecule is [2H]C#CC#CC#CC#CC#CC#CC#CC#CC#CC#CC#CC#CC#CC#CC#CC#CC#CC#CC#CC#CC#CC#CC#CC#CC#CC#CC#CC#CC#CC#CC#CC#CC#CC#CC#CC. The van der Waals surface area contributed by atoms with Crippen LogP contribution in [0.1, 0.15) is 8.29 Å². The first-order valence-electron chi connectivity index (χ1n) is 18.2. The van der Waals surface area contributed by atoms with E-state index in [1.54, 1.807) is 6.92 Å². The van der Waals surface area contributed by atoms with Gasteiger partial charge in [0.25, 0.3) is 0 Å². The highest BCUT2D eigenvalue weighted by molar-refractivity contribution is 5.53. The van der Waals surface area contributed by atoms with Gasteiger partial charge in [-0.1, -0.05) is 5.92 Å². The summed E-state index contributed by atoms with van der Waals surface area (Å²) in [4.78, 5) is 0. The van der Waals surface area contributed by atoms with Crippen molar-refractivity contribution in [3.05, 3.63) is 0 Å². The molecule has 0 aromatic heterocycles. The maximum absolute atomic E-state index is 6.58. The van der Waals surface area contributed by atoms with Gasteiger partial charge in [0.05, 0.1) is 0 Å². The second-order valence-corrected chi connectivity index (χ2v) is 8.75. The molecule has 0 fully saturated rings. The monoisotopic (exact) mass is 857 g/mol. The van der Waals surface area contributed by atoms with Crippen LogP contribution in [0, 0.1) is 415 Å². The Morgan fingerprint density at radius 3 is 0.310 bits per heavy atom. The van der Waals surface area contributed by atoms with Crippen molar-refractivity contribution >= 4 is 0 Å². The van der Waals surface area contributed by atoms with Crippen molar-refractivity contribution in [1.82, 2.24) is 0 Å². The van der Waals surface area contributed by atoms with Crippen molar-refractivity contribution < 1.29 is 1.37 Å². The number of hydrogen-bond acceptors (Lipinski definition) is 0. The van der Waals surface area contributed by atoms with Crippen molar-refractivity contribution in [3.8, 4) is 415 Å². The van der Waals surface area contributed by atoms with Crippen LogP contribution in [0.2, 0.25) is 0 Å². The summed E-state index contributed by atoms with van der Waals surface area (Å²) in [6.07, 6.45) is 1.88. The van der Waals surface area contributed by atoms with Crippen molar-refractivity contribution in [1.29, 1.82) is 0 Å². The molecule has 0 bridgehead atoms. The lowest BCUT2D eigenvalue weighted by Crippen LogP contribution is -1.57. The summed E-state index contributed by atoms with van der Waals surface area (Å²) in [5.74, 6) is 172. The fourth-order valence-corrected chi connectivity index (χ4v) is 2.12. The third kappa shape index (κ3) is 54.6. The summed E-state index contributed by atoms with van der Waals surface area (Å²) in [6, 6.07) is 0. The molecule has 0 atom stereocenters. The first-order valence-corrected chi connectivity index (χ1v) is 17.8. The van der Waals surface area contributed by atoms with E-state index in [1.165, 1.54) is 0 Å². The summed E-state index contributed by atoms with van der Waals surface area (Å²) in [7, 11) is 0. The standard InChI is InChI=1S/C71H4/c1-3-5-7-9-11-13-15-17-19-21-23-25-27-29-31-33-35-37-39-41-43-45-47-49-51-53-55-57-59-61-63-65-67-69-71-70-68-66-64-62-60-58-56-54-52-50-48-46-44-42-40-38-36-34-32-30-28-26-24-22-20-18-16-14-12-10-8-6-4-2/h1H,2H3/i1D. The number of rotatable bonds is 0. The van der Waals surface area contributed by atoms with E-state index in [9.17, 15) is 0 Å². The minimum Gasteiger partial charge on any atom is -0.106 e. The predicted molar refractivity (Wildman–Crippen MR) is 279 cm³/mol. The fourth-order valence-electron chi connectivity index (χ4n) is 2.12. The van der Waals surface area contributed by atoms with E-state index in [0.29, 0.717) is 0 Å². The lowest BCUT2D eigenvalue weighted by molar-refractivity contribution is 1.92. The van der Waals surface area contributed by atoms with Gasteiger partial charge < -0.3 is 0 Å². The molecule has 0 N–H and O–H groups in total. The molecule has 0 amide bonds. The smallest absolute Gasteiger partial charge is 0.106 e. The van der Waals surface area contributed by atoms with E-state index in [-0.39, 0.29) is 0 Å². The molecule has 0 heteroatoms. The first-order chi connectivity index (χ1) is 35.9. The normalized spacial score (nSPS) is 4.04. The Labute approximate surface area is 421 Å². The molecule has 0 saturated carbocycles. The molecule has 0 aromatic rings. The Morgan fingerprint density at radius 1 is 0.141 bits per heavy atom. The van der Waals surface area contributed by atoms with E-state index in [4.69, 9.17) is 1.37 Å². The van der Waals surface area contributed by atoms with Crippen LogP contribution >= 0.6 is 0 Å². The second kappa shape index (κ2) is 54.6. The minimum absolute atomic E-state index is 1.68. The lowest BCUT2D eigenvalue weighted by Gasteiger charge is -1.58. The molecule has 0 saturated heterocycles. The summed E-state index contributed by atoms with van der Waals surface area (Å²) in [5.41, 5.74) is 0. The zero-order valence-electron chi connectivity index (χ0n) is 37.0. The van der Waals surface area contributed by atoms with Gasteiger partial charge in [0.1, 0.15) is 1.37 Å². The molecule has 0 rings (SSSR count). The van der Waals surface area contributed by atoms with Crippen LogP contribution < -0.4 is 0 Å². The quantitative estimate of drug-likeness (QED) is 0.317. The predicted octanol–water partition coefficient (Wildman–Crippen LogP) is 0.755. The van der Waals surface area contributed by atoms with Gasteiger partial charge in [-0.25, -0.2) is 0 Å². The van der Waals surface area contributed by atoms with Crippen LogP contribution in [0.3, 0.4) is 0 Å². The molecule has 0 nitrogen and oxygen atoms in total. The van der Waals surface area contributed by atoms with E-state index >= 15 is 0 Å². The first kappa shape index (κ1) is 53.6. The molecule has 0 aliphatic heterocycles. The Kier molecular flexibility index (Phi) is 41.2.